The Kier molecular flexibility index (Phi) is 4.32. The lowest BCUT2D eigenvalue weighted by Gasteiger charge is -2.07. The first-order valence-electron chi connectivity index (χ1n) is 6.28. The summed E-state index contributed by atoms with van der Waals surface area (Å²) in [7, 11) is -3.88. The van der Waals surface area contributed by atoms with Crippen LogP contribution in [0.25, 0.3) is 0 Å². The number of nitrogens with one attached hydrogen (secondary N) is 2. The van der Waals surface area contributed by atoms with Crippen molar-refractivity contribution in [2.45, 2.75) is 18.7 Å². The minimum absolute atomic E-state index is 0.0693. The van der Waals surface area contributed by atoms with E-state index >= 15 is 0 Å². The molecule has 2 aromatic rings. The topological polar surface area (TPSA) is 105 Å². The van der Waals surface area contributed by atoms with Gasteiger partial charge in [0.15, 0.2) is 0 Å². The summed E-state index contributed by atoms with van der Waals surface area (Å²) in [5.41, 5.74) is 0.822. The van der Waals surface area contributed by atoms with Crippen LogP contribution in [0.4, 0.5) is 5.69 Å². The molecule has 0 saturated carbocycles. The normalized spacial score (nSPS) is 11.0. The van der Waals surface area contributed by atoms with Gasteiger partial charge in [0.2, 0.25) is 5.91 Å². The van der Waals surface area contributed by atoms with Crippen LogP contribution in [0, 0.1) is 6.92 Å². The highest BCUT2D eigenvalue weighted by molar-refractivity contribution is 7.90. The van der Waals surface area contributed by atoms with Crippen molar-refractivity contribution in [1.29, 1.82) is 0 Å². The molecule has 0 radical (unpaired) electrons. The van der Waals surface area contributed by atoms with Gasteiger partial charge in [0.25, 0.3) is 15.9 Å². The van der Waals surface area contributed by atoms with Crippen LogP contribution in [0.1, 0.15) is 23.0 Å². The lowest BCUT2D eigenvalue weighted by atomic mass is 10.2. The maximum atomic E-state index is 12.0. The SMILES string of the molecule is CC(=O)NS(=O)(=O)c1ccc(NC(=O)c2ccoc2C)cc1. The molecule has 116 valence electrons. The number of rotatable bonds is 4. The van der Waals surface area contributed by atoms with E-state index in [1.165, 1.54) is 30.5 Å². The Morgan fingerprint density at radius 3 is 2.23 bits per heavy atom. The molecule has 0 aliphatic carbocycles. The molecule has 8 heteroatoms. The van der Waals surface area contributed by atoms with Crippen LogP contribution in [0.15, 0.2) is 45.9 Å². The molecule has 1 aromatic carbocycles. The Hall–Kier alpha value is -2.61. The average molecular weight is 322 g/mol. The molecule has 0 spiro atoms. The zero-order valence-corrected chi connectivity index (χ0v) is 12.7. The second-order valence-electron chi connectivity index (χ2n) is 4.53. The largest absolute Gasteiger partial charge is 0.469 e. The summed E-state index contributed by atoms with van der Waals surface area (Å²) in [5.74, 6) is -0.543. The lowest BCUT2D eigenvalue weighted by molar-refractivity contribution is -0.117. The molecule has 0 bridgehead atoms. The maximum Gasteiger partial charge on any atom is 0.264 e. The third-order valence-corrected chi connectivity index (χ3v) is 4.25. The second kappa shape index (κ2) is 6.02. The van der Waals surface area contributed by atoms with Crippen LogP contribution >= 0.6 is 0 Å². The number of hydrogen-bond acceptors (Lipinski definition) is 5. The predicted molar refractivity (Wildman–Crippen MR) is 78.8 cm³/mol. The van der Waals surface area contributed by atoms with Crippen molar-refractivity contribution in [3.05, 3.63) is 47.9 Å². The number of carbonyl (C=O) groups excluding carboxylic acids is 2. The first-order chi connectivity index (χ1) is 10.3. The second-order valence-corrected chi connectivity index (χ2v) is 6.21. The van der Waals surface area contributed by atoms with Gasteiger partial charge in [-0.15, -0.1) is 0 Å². The Bertz CT molecular complexity index is 806. The molecule has 0 aliphatic heterocycles. The molecule has 7 nitrogen and oxygen atoms in total. The minimum atomic E-state index is -3.88. The molecule has 0 unspecified atom stereocenters. The number of amides is 2. The first kappa shape index (κ1) is 15.8. The van der Waals surface area contributed by atoms with Crippen LogP contribution in [0.3, 0.4) is 0 Å². The minimum Gasteiger partial charge on any atom is -0.469 e. The molecule has 1 aromatic heterocycles. The van der Waals surface area contributed by atoms with Crippen molar-refractivity contribution >= 4 is 27.5 Å². The van der Waals surface area contributed by atoms with E-state index in [4.69, 9.17) is 4.42 Å². The van der Waals surface area contributed by atoms with Gasteiger partial charge in [0.05, 0.1) is 16.7 Å². The Morgan fingerprint density at radius 2 is 1.73 bits per heavy atom. The monoisotopic (exact) mass is 322 g/mol. The van der Waals surface area contributed by atoms with Gasteiger partial charge in [-0.05, 0) is 37.3 Å². The number of aryl methyl sites for hydroxylation is 1. The first-order valence-corrected chi connectivity index (χ1v) is 7.77. The molecule has 0 aliphatic rings. The number of sulfonamides is 1. The van der Waals surface area contributed by atoms with Crippen LogP contribution in [-0.4, -0.2) is 20.2 Å². The highest BCUT2D eigenvalue weighted by Gasteiger charge is 2.16. The molecule has 0 atom stereocenters. The van der Waals surface area contributed by atoms with Gasteiger partial charge in [-0.2, -0.15) is 0 Å². The number of benzene rings is 1. The van der Waals surface area contributed by atoms with Crippen molar-refractivity contribution in [2.75, 3.05) is 5.32 Å². The van der Waals surface area contributed by atoms with Gasteiger partial charge >= 0.3 is 0 Å². The Balaban J connectivity index is 2.14. The van der Waals surface area contributed by atoms with Crippen LogP contribution in [0.5, 0.6) is 0 Å². The van der Waals surface area contributed by atoms with Crippen molar-refractivity contribution in [1.82, 2.24) is 4.72 Å². The van der Waals surface area contributed by atoms with Gasteiger partial charge in [-0.25, -0.2) is 13.1 Å². The van der Waals surface area contributed by atoms with Crippen molar-refractivity contribution < 1.29 is 22.4 Å². The number of carbonyl (C=O) groups is 2. The van der Waals surface area contributed by atoms with E-state index in [9.17, 15) is 18.0 Å². The number of furan rings is 1. The van der Waals surface area contributed by atoms with Crippen LogP contribution in [0.2, 0.25) is 0 Å². The Morgan fingerprint density at radius 1 is 1.09 bits per heavy atom. The molecule has 2 N–H and O–H groups in total. The third kappa shape index (κ3) is 3.53. The van der Waals surface area contributed by atoms with E-state index in [0.29, 0.717) is 17.0 Å². The zero-order valence-electron chi connectivity index (χ0n) is 11.9. The van der Waals surface area contributed by atoms with E-state index in [-0.39, 0.29) is 10.8 Å². The molecule has 2 rings (SSSR count). The van der Waals surface area contributed by atoms with Gasteiger partial charge < -0.3 is 9.73 Å². The van der Waals surface area contributed by atoms with E-state index in [1.54, 1.807) is 13.0 Å². The fourth-order valence-electron chi connectivity index (χ4n) is 1.78. The summed E-state index contributed by atoms with van der Waals surface area (Å²) in [6, 6.07) is 7.00. The van der Waals surface area contributed by atoms with E-state index in [1.807, 2.05) is 4.72 Å². The van der Waals surface area contributed by atoms with Crippen molar-refractivity contribution in [3.8, 4) is 0 Å². The molecule has 2 amide bonds. The molecular formula is C14H14N2O5S. The van der Waals surface area contributed by atoms with Gasteiger partial charge in [0.1, 0.15) is 5.76 Å². The summed E-state index contributed by atoms with van der Waals surface area (Å²) < 4.78 is 30.5. The fraction of sp³-hybridized carbons (Fsp3) is 0.143. The van der Waals surface area contributed by atoms with Gasteiger partial charge in [-0.1, -0.05) is 0 Å². The Labute approximate surface area is 127 Å². The number of anilines is 1. The van der Waals surface area contributed by atoms with Crippen LogP contribution in [-0.2, 0) is 14.8 Å². The summed E-state index contributed by atoms with van der Waals surface area (Å²) in [4.78, 5) is 22.8. The number of hydrogen-bond donors (Lipinski definition) is 2. The average Bonchev–Trinajstić information content (AvgIpc) is 2.84. The quantitative estimate of drug-likeness (QED) is 0.890. The highest BCUT2D eigenvalue weighted by Crippen LogP contribution is 2.16. The standard InChI is InChI=1S/C14H14N2O5S/c1-9-13(7-8-21-9)14(18)15-11-3-5-12(6-4-11)22(19,20)16-10(2)17/h3-8H,1-2H3,(H,15,18)(H,16,17). The van der Waals surface area contributed by atoms with Crippen molar-refractivity contribution in [3.63, 3.8) is 0 Å². The zero-order chi connectivity index (χ0) is 16.3. The summed E-state index contributed by atoms with van der Waals surface area (Å²) >= 11 is 0. The summed E-state index contributed by atoms with van der Waals surface area (Å²) in [5, 5.41) is 2.62. The smallest absolute Gasteiger partial charge is 0.264 e. The molecule has 0 fully saturated rings. The molecule has 0 saturated heterocycles. The highest BCUT2D eigenvalue weighted by atomic mass is 32.2. The van der Waals surface area contributed by atoms with E-state index in [0.717, 1.165) is 6.92 Å². The molecular weight excluding hydrogens is 308 g/mol. The fourth-order valence-corrected chi connectivity index (χ4v) is 2.78. The van der Waals surface area contributed by atoms with E-state index < -0.39 is 15.9 Å². The van der Waals surface area contributed by atoms with Crippen molar-refractivity contribution in [2.24, 2.45) is 0 Å². The summed E-state index contributed by atoms with van der Waals surface area (Å²) in [6.07, 6.45) is 1.41. The molecule has 1 heterocycles. The van der Waals surface area contributed by atoms with Gasteiger partial charge in [0, 0.05) is 12.6 Å². The third-order valence-electron chi connectivity index (χ3n) is 2.80. The van der Waals surface area contributed by atoms with Gasteiger partial charge in [-0.3, -0.25) is 9.59 Å². The van der Waals surface area contributed by atoms with E-state index in [2.05, 4.69) is 5.32 Å². The van der Waals surface area contributed by atoms with Crippen LogP contribution < -0.4 is 10.0 Å². The predicted octanol–water partition coefficient (Wildman–Crippen LogP) is 1.67. The molecule has 22 heavy (non-hydrogen) atoms. The summed E-state index contributed by atoms with van der Waals surface area (Å²) in [6.45, 7) is 2.78. The lowest BCUT2D eigenvalue weighted by Crippen LogP contribution is -2.28. The maximum absolute atomic E-state index is 12.0.